The number of carbonyl (C=O) groups excluding carboxylic acids is 3. The first-order chi connectivity index (χ1) is 10.2. The SMILES string of the molecule is O=C(CCN1CCCC1)CN1C(=O)c2ccccc2C1=O. The molecule has 1 aromatic rings. The van der Waals surface area contributed by atoms with Crippen molar-refractivity contribution < 1.29 is 14.4 Å². The molecule has 2 aliphatic heterocycles. The van der Waals surface area contributed by atoms with Crippen LogP contribution in [-0.4, -0.2) is 53.6 Å². The van der Waals surface area contributed by atoms with Crippen LogP contribution in [0, 0.1) is 0 Å². The fourth-order valence-electron chi connectivity index (χ4n) is 2.93. The zero-order valence-electron chi connectivity index (χ0n) is 11.9. The number of benzene rings is 1. The molecule has 0 radical (unpaired) electrons. The van der Waals surface area contributed by atoms with Gasteiger partial charge in [-0.1, -0.05) is 12.1 Å². The van der Waals surface area contributed by atoms with Gasteiger partial charge < -0.3 is 4.90 Å². The molecular weight excluding hydrogens is 268 g/mol. The standard InChI is InChI=1S/C16H18N2O3/c19-12(7-10-17-8-3-4-9-17)11-18-15(20)13-5-1-2-6-14(13)16(18)21/h1-2,5-6H,3-4,7-11H2. The number of carbonyl (C=O) groups is 3. The Morgan fingerprint density at radius 3 is 2.14 bits per heavy atom. The first kappa shape index (κ1) is 13.9. The molecule has 5 nitrogen and oxygen atoms in total. The van der Waals surface area contributed by atoms with Crippen molar-refractivity contribution in [2.24, 2.45) is 0 Å². The van der Waals surface area contributed by atoms with Gasteiger partial charge >= 0.3 is 0 Å². The molecule has 0 bridgehead atoms. The molecule has 1 fully saturated rings. The third kappa shape index (κ3) is 2.74. The van der Waals surface area contributed by atoms with Crippen molar-refractivity contribution in [2.75, 3.05) is 26.2 Å². The molecular formula is C16H18N2O3. The predicted octanol–water partition coefficient (Wildman–Crippen LogP) is 1.34. The summed E-state index contributed by atoms with van der Waals surface area (Å²) in [5.74, 6) is -0.772. The summed E-state index contributed by atoms with van der Waals surface area (Å²) in [4.78, 5) is 39.6. The van der Waals surface area contributed by atoms with E-state index in [2.05, 4.69) is 4.90 Å². The fraction of sp³-hybridized carbons (Fsp3) is 0.438. The van der Waals surface area contributed by atoms with Gasteiger partial charge in [0.15, 0.2) is 5.78 Å². The molecule has 2 aliphatic rings. The van der Waals surface area contributed by atoms with Gasteiger partial charge in [0.25, 0.3) is 11.8 Å². The Morgan fingerprint density at radius 1 is 1.00 bits per heavy atom. The molecule has 0 aromatic heterocycles. The van der Waals surface area contributed by atoms with Crippen LogP contribution >= 0.6 is 0 Å². The number of amides is 2. The maximum atomic E-state index is 12.1. The third-order valence-corrected chi connectivity index (χ3v) is 4.12. The Bertz CT molecular complexity index is 556. The summed E-state index contributed by atoms with van der Waals surface area (Å²) >= 11 is 0. The van der Waals surface area contributed by atoms with Crippen LogP contribution < -0.4 is 0 Å². The number of fused-ring (bicyclic) bond motifs is 1. The van der Waals surface area contributed by atoms with Crippen LogP contribution in [0.2, 0.25) is 0 Å². The van der Waals surface area contributed by atoms with Crippen LogP contribution in [0.25, 0.3) is 0 Å². The second-order valence-electron chi connectivity index (χ2n) is 5.58. The van der Waals surface area contributed by atoms with Crippen molar-refractivity contribution in [2.45, 2.75) is 19.3 Å². The molecule has 110 valence electrons. The first-order valence-electron chi connectivity index (χ1n) is 7.36. The molecule has 1 saturated heterocycles. The summed E-state index contributed by atoms with van der Waals surface area (Å²) in [6, 6.07) is 6.71. The van der Waals surface area contributed by atoms with Crippen molar-refractivity contribution in [1.82, 2.24) is 9.80 Å². The lowest BCUT2D eigenvalue weighted by Gasteiger charge is -2.16. The monoisotopic (exact) mass is 286 g/mol. The Morgan fingerprint density at radius 2 is 1.57 bits per heavy atom. The summed E-state index contributed by atoms with van der Waals surface area (Å²) in [7, 11) is 0. The highest BCUT2D eigenvalue weighted by Gasteiger charge is 2.36. The van der Waals surface area contributed by atoms with E-state index in [1.165, 1.54) is 12.8 Å². The van der Waals surface area contributed by atoms with Crippen molar-refractivity contribution >= 4 is 17.6 Å². The van der Waals surface area contributed by atoms with Gasteiger partial charge in [-0.15, -0.1) is 0 Å². The van der Waals surface area contributed by atoms with Gasteiger partial charge in [0.05, 0.1) is 17.7 Å². The van der Waals surface area contributed by atoms with E-state index in [-0.39, 0.29) is 24.1 Å². The average molecular weight is 286 g/mol. The largest absolute Gasteiger partial charge is 0.303 e. The number of likely N-dealkylation sites (tertiary alicyclic amines) is 1. The highest BCUT2D eigenvalue weighted by molar-refractivity contribution is 6.22. The number of nitrogens with zero attached hydrogens (tertiary/aromatic N) is 2. The van der Waals surface area contributed by atoms with Gasteiger partial charge in [-0.2, -0.15) is 0 Å². The molecule has 1 aromatic carbocycles. The Balaban J connectivity index is 1.59. The van der Waals surface area contributed by atoms with Crippen molar-refractivity contribution in [3.05, 3.63) is 35.4 Å². The number of ketones is 1. The lowest BCUT2D eigenvalue weighted by atomic mass is 10.1. The number of hydrogen-bond acceptors (Lipinski definition) is 4. The van der Waals surface area contributed by atoms with Crippen LogP contribution in [0.5, 0.6) is 0 Å². The minimum Gasteiger partial charge on any atom is -0.303 e. The molecule has 0 N–H and O–H groups in total. The summed E-state index contributed by atoms with van der Waals surface area (Å²) < 4.78 is 0. The second kappa shape index (κ2) is 5.77. The quantitative estimate of drug-likeness (QED) is 0.766. The van der Waals surface area contributed by atoms with E-state index in [1.807, 2.05) is 0 Å². The molecule has 0 atom stereocenters. The van der Waals surface area contributed by atoms with Gasteiger partial charge in [-0.05, 0) is 38.1 Å². The maximum absolute atomic E-state index is 12.1. The van der Waals surface area contributed by atoms with Gasteiger partial charge in [-0.25, -0.2) is 0 Å². The molecule has 0 unspecified atom stereocenters. The van der Waals surface area contributed by atoms with E-state index >= 15 is 0 Å². The van der Waals surface area contributed by atoms with Crippen LogP contribution in [0.15, 0.2) is 24.3 Å². The second-order valence-corrected chi connectivity index (χ2v) is 5.58. The molecule has 5 heteroatoms. The maximum Gasteiger partial charge on any atom is 0.261 e. The molecule has 3 rings (SSSR count). The normalized spacial score (nSPS) is 18.4. The number of imide groups is 1. The van der Waals surface area contributed by atoms with Crippen molar-refractivity contribution in [3.63, 3.8) is 0 Å². The van der Waals surface area contributed by atoms with Crippen LogP contribution in [-0.2, 0) is 4.79 Å². The van der Waals surface area contributed by atoms with E-state index in [1.54, 1.807) is 24.3 Å². The average Bonchev–Trinajstić information content (AvgIpc) is 3.09. The van der Waals surface area contributed by atoms with E-state index in [0.717, 1.165) is 24.5 Å². The van der Waals surface area contributed by atoms with E-state index in [4.69, 9.17) is 0 Å². The molecule has 2 amide bonds. The minimum absolute atomic E-state index is 0.0589. The topological polar surface area (TPSA) is 57.7 Å². The fourth-order valence-corrected chi connectivity index (χ4v) is 2.93. The lowest BCUT2D eigenvalue weighted by Crippen LogP contribution is -2.36. The molecule has 0 spiro atoms. The smallest absolute Gasteiger partial charge is 0.261 e. The highest BCUT2D eigenvalue weighted by atomic mass is 16.2. The van der Waals surface area contributed by atoms with Crippen molar-refractivity contribution in [3.8, 4) is 0 Å². The summed E-state index contributed by atoms with van der Waals surface area (Å²) in [5, 5.41) is 0. The molecule has 21 heavy (non-hydrogen) atoms. The third-order valence-electron chi connectivity index (χ3n) is 4.12. The summed E-state index contributed by atoms with van der Waals surface area (Å²) in [6.45, 7) is 2.70. The Labute approximate surface area is 123 Å². The van der Waals surface area contributed by atoms with Crippen LogP contribution in [0.1, 0.15) is 40.0 Å². The highest BCUT2D eigenvalue weighted by Crippen LogP contribution is 2.22. The van der Waals surface area contributed by atoms with E-state index < -0.39 is 0 Å². The molecule has 2 heterocycles. The zero-order valence-corrected chi connectivity index (χ0v) is 11.9. The Hall–Kier alpha value is -2.01. The molecule has 0 aliphatic carbocycles. The van der Waals surface area contributed by atoms with E-state index in [0.29, 0.717) is 17.5 Å². The number of hydrogen-bond donors (Lipinski definition) is 0. The van der Waals surface area contributed by atoms with Crippen molar-refractivity contribution in [1.29, 1.82) is 0 Å². The van der Waals surface area contributed by atoms with Gasteiger partial charge in [-0.3, -0.25) is 19.3 Å². The van der Waals surface area contributed by atoms with E-state index in [9.17, 15) is 14.4 Å². The Kier molecular flexibility index (Phi) is 3.84. The van der Waals surface area contributed by atoms with Gasteiger partial charge in [0, 0.05) is 13.0 Å². The van der Waals surface area contributed by atoms with Crippen LogP contribution in [0.4, 0.5) is 0 Å². The summed E-state index contributed by atoms with van der Waals surface area (Å²) in [6.07, 6.45) is 2.77. The zero-order chi connectivity index (χ0) is 14.8. The number of rotatable bonds is 5. The lowest BCUT2D eigenvalue weighted by molar-refractivity contribution is -0.119. The molecule has 0 saturated carbocycles. The predicted molar refractivity (Wildman–Crippen MR) is 77.1 cm³/mol. The summed E-state index contributed by atoms with van der Waals surface area (Å²) in [5.41, 5.74) is 0.796. The number of Topliss-reactive ketones (excluding diaryl/α,β-unsaturated/α-hetero) is 1. The van der Waals surface area contributed by atoms with Crippen LogP contribution in [0.3, 0.4) is 0 Å². The first-order valence-corrected chi connectivity index (χ1v) is 7.36. The van der Waals surface area contributed by atoms with Gasteiger partial charge in [0.1, 0.15) is 0 Å². The van der Waals surface area contributed by atoms with Gasteiger partial charge in [0.2, 0.25) is 0 Å². The minimum atomic E-state index is -0.356.